The van der Waals surface area contributed by atoms with Crippen LogP contribution in [-0.4, -0.2) is 30.3 Å². The quantitative estimate of drug-likeness (QED) is 0.645. The minimum absolute atomic E-state index is 0.0176. The molecule has 0 aliphatic carbocycles. The van der Waals surface area contributed by atoms with Crippen molar-refractivity contribution in [3.63, 3.8) is 0 Å². The standard InChI is InChI=1S/C20H21N3O3S2/c1-4-28(25,26)17-8-6-5-7-16(17)18(24)21-20-23-22-19(27-20)15-11-9-14(10-12-15)13(2)3/h5-13H,4H2,1-3H3,(H,21,23,24). The molecule has 0 atom stereocenters. The zero-order valence-corrected chi connectivity index (χ0v) is 17.5. The first kappa shape index (κ1) is 20.2. The van der Waals surface area contributed by atoms with Crippen LogP contribution >= 0.6 is 11.3 Å². The van der Waals surface area contributed by atoms with Gasteiger partial charge in [0.1, 0.15) is 5.01 Å². The summed E-state index contributed by atoms with van der Waals surface area (Å²) in [5, 5.41) is 11.8. The summed E-state index contributed by atoms with van der Waals surface area (Å²) in [7, 11) is -3.51. The molecule has 3 aromatic rings. The minimum Gasteiger partial charge on any atom is -0.296 e. The molecule has 0 saturated carbocycles. The van der Waals surface area contributed by atoms with Crippen LogP contribution in [0.25, 0.3) is 10.6 Å². The first-order valence-electron chi connectivity index (χ1n) is 8.88. The van der Waals surface area contributed by atoms with Gasteiger partial charge in [0, 0.05) is 5.56 Å². The van der Waals surface area contributed by atoms with E-state index in [1.165, 1.54) is 29.0 Å². The van der Waals surface area contributed by atoms with Crippen molar-refractivity contribution >= 4 is 32.2 Å². The van der Waals surface area contributed by atoms with Gasteiger partial charge in [-0.1, -0.05) is 68.5 Å². The Morgan fingerprint density at radius 1 is 1.07 bits per heavy atom. The van der Waals surface area contributed by atoms with Gasteiger partial charge in [-0.2, -0.15) is 0 Å². The molecule has 8 heteroatoms. The molecule has 0 radical (unpaired) electrons. The number of amides is 1. The van der Waals surface area contributed by atoms with Crippen LogP contribution in [0, 0.1) is 0 Å². The fourth-order valence-electron chi connectivity index (χ4n) is 2.65. The highest BCUT2D eigenvalue weighted by atomic mass is 32.2. The molecule has 1 aromatic heterocycles. The summed E-state index contributed by atoms with van der Waals surface area (Å²) in [6.07, 6.45) is 0. The van der Waals surface area contributed by atoms with Gasteiger partial charge in [-0.15, -0.1) is 10.2 Å². The predicted octanol–water partition coefficient (Wildman–Crippen LogP) is 4.37. The highest BCUT2D eigenvalue weighted by Crippen LogP contribution is 2.28. The van der Waals surface area contributed by atoms with E-state index in [4.69, 9.17) is 0 Å². The number of sulfone groups is 1. The molecule has 0 aliphatic heterocycles. The van der Waals surface area contributed by atoms with Crippen molar-refractivity contribution in [2.45, 2.75) is 31.6 Å². The lowest BCUT2D eigenvalue weighted by atomic mass is 10.0. The largest absolute Gasteiger partial charge is 0.296 e. The van der Waals surface area contributed by atoms with Gasteiger partial charge in [-0.25, -0.2) is 8.42 Å². The summed E-state index contributed by atoms with van der Waals surface area (Å²) in [6, 6.07) is 14.2. The Morgan fingerprint density at radius 3 is 2.39 bits per heavy atom. The third kappa shape index (κ3) is 4.28. The SMILES string of the molecule is CCS(=O)(=O)c1ccccc1C(=O)Nc1nnc(-c2ccc(C(C)C)cc2)s1. The van der Waals surface area contributed by atoms with Gasteiger partial charge in [-0.3, -0.25) is 10.1 Å². The van der Waals surface area contributed by atoms with E-state index in [0.717, 1.165) is 5.56 Å². The lowest BCUT2D eigenvalue weighted by Crippen LogP contribution is -2.17. The molecule has 6 nitrogen and oxygen atoms in total. The Balaban J connectivity index is 1.82. The van der Waals surface area contributed by atoms with Gasteiger partial charge < -0.3 is 0 Å². The number of nitrogens with one attached hydrogen (secondary N) is 1. The van der Waals surface area contributed by atoms with Crippen molar-refractivity contribution < 1.29 is 13.2 Å². The summed E-state index contributed by atoms with van der Waals surface area (Å²) < 4.78 is 24.5. The minimum atomic E-state index is -3.51. The molecule has 146 valence electrons. The molecule has 0 spiro atoms. The van der Waals surface area contributed by atoms with Crippen molar-refractivity contribution in [2.24, 2.45) is 0 Å². The van der Waals surface area contributed by atoms with Crippen LogP contribution in [0.1, 0.15) is 42.6 Å². The van der Waals surface area contributed by atoms with E-state index in [1.807, 2.05) is 24.3 Å². The summed E-state index contributed by atoms with van der Waals surface area (Å²) in [4.78, 5) is 12.6. The number of hydrogen-bond acceptors (Lipinski definition) is 6. The fraction of sp³-hybridized carbons (Fsp3) is 0.250. The van der Waals surface area contributed by atoms with Crippen molar-refractivity contribution in [1.82, 2.24) is 10.2 Å². The maximum absolute atomic E-state index is 12.6. The molecule has 0 unspecified atom stereocenters. The van der Waals surface area contributed by atoms with Gasteiger partial charge >= 0.3 is 0 Å². The van der Waals surface area contributed by atoms with Crippen LogP contribution in [0.2, 0.25) is 0 Å². The van der Waals surface area contributed by atoms with Crippen molar-refractivity contribution in [3.05, 3.63) is 59.7 Å². The maximum Gasteiger partial charge on any atom is 0.258 e. The van der Waals surface area contributed by atoms with E-state index < -0.39 is 15.7 Å². The van der Waals surface area contributed by atoms with Crippen molar-refractivity contribution in [2.75, 3.05) is 11.1 Å². The topological polar surface area (TPSA) is 89.0 Å². The highest BCUT2D eigenvalue weighted by molar-refractivity contribution is 7.91. The van der Waals surface area contributed by atoms with Crippen LogP contribution in [0.15, 0.2) is 53.4 Å². The lowest BCUT2D eigenvalue weighted by molar-refractivity contribution is 0.102. The number of hydrogen-bond donors (Lipinski definition) is 1. The van der Waals surface area contributed by atoms with Gasteiger partial charge in [-0.05, 0) is 23.6 Å². The van der Waals surface area contributed by atoms with E-state index in [1.54, 1.807) is 19.1 Å². The van der Waals surface area contributed by atoms with Crippen LogP contribution < -0.4 is 5.32 Å². The molecular weight excluding hydrogens is 394 g/mol. The average molecular weight is 416 g/mol. The molecule has 1 amide bonds. The van der Waals surface area contributed by atoms with E-state index in [2.05, 4.69) is 29.4 Å². The zero-order chi connectivity index (χ0) is 20.3. The number of nitrogens with zero attached hydrogens (tertiary/aromatic N) is 2. The number of carbonyl (C=O) groups is 1. The summed E-state index contributed by atoms with van der Waals surface area (Å²) in [5.74, 6) is -0.157. The third-order valence-electron chi connectivity index (χ3n) is 4.32. The first-order chi connectivity index (χ1) is 13.3. The Bertz CT molecular complexity index is 1090. The van der Waals surface area contributed by atoms with E-state index in [9.17, 15) is 13.2 Å². The molecule has 3 rings (SSSR count). The highest BCUT2D eigenvalue weighted by Gasteiger charge is 2.21. The number of carbonyl (C=O) groups excluding carboxylic acids is 1. The van der Waals surface area contributed by atoms with Crippen LogP contribution in [0.5, 0.6) is 0 Å². The third-order valence-corrected chi connectivity index (χ3v) is 6.99. The fourth-order valence-corrected chi connectivity index (χ4v) is 4.48. The maximum atomic E-state index is 12.6. The van der Waals surface area contributed by atoms with Crippen molar-refractivity contribution in [3.8, 4) is 10.6 Å². The second-order valence-electron chi connectivity index (χ2n) is 6.54. The van der Waals surface area contributed by atoms with Gasteiger partial charge in [0.05, 0.1) is 16.2 Å². The molecule has 1 N–H and O–H groups in total. The Kier molecular flexibility index (Phi) is 5.90. The molecule has 0 fully saturated rings. The average Bonchev–Trinajstić information content (AvgIpc) is 3.16. The number of rotatable bonds is 6. The smallest absolute Gasteiger partial charge is 0.258 e. The normalized spacial score (nSPS) is 11.6. The Labute approximate surface area is 168 Å². The summed E-state index contributed by atoms with van der Waals surface area (Å²) in [5.41, 5.74) is 2.24. The predicted molar refractivity (Wildman–Crippen MR) is 112 cm³/mol. The zero-order valence-electron chi connectivity index (χ0n) is 15.8. The molecule has 1 heterocycles. The van der Waals surface area contributed by atoms with E-state index in [0.29, 0.717) is 16.1 Å². The molecule has 2 aromatic carbocycles. The van der Waals surface area contributed by atoms with Gasteiger partial charge in [0.25, 0.3) is 5.91 Å². The summed E-state index contributed by atoms with van der Waals surface area (Å²) >= 11 is 1.24. The summed E-state index contributed by atoms with van der Waals surface area (Å²) in [6.45, 7) is 5.81. The van der Waals surface area contributed by atoms with Gasteiger partial charge in [0.2, 0.25) is 5.13 Å². The Morgan fingerprint density at radius 2 is 1.75 bits per heavy atom. The number of benzene rings is 2. The number of anilines is 1. The molecule has 0 aliphatic rings. The monoisotopic (exact) mass is 415 g/mol. The first-order valence-corrected chi connectivity index (χ1v) is 11.4. The van der Waals surface area contributed by atoms with Crippen molar-refractivity contribution in [1.29, 1.82) is 0 Å². The van der Waals surface area contributed by atoms with E-state index >= 15 is 0 Å². The number of aromatic nitrogens is 2. The van der Waals surface area contributed by atoms with Crippen LogP contribution in [0.3, 0.4) is 0 Å². The molecular formula is C20H21N3O3S2. The molecule has 0 saturated heterocycles. The van der Waals surface area contributed by atoms with Gasteiger partial charge in [0.15, 0.2) is 9.84 Å². The molecule has 28 heavy (non-hydrogen) atoms. The second-order valence-corrected chi connectivity index (χ2v) is 9.77. The van der Waals surface area contributed by atoms with Crippen LogP contribution in [0.4, 0.5) is 5.13 Å². The second kappa shape index (κ2) is 8.20. The molecule has 0 bridgehead atoms. The van der Waals surface area contributed by atoms with Crippen LogP contribution in [-0.2, 0) is 9.84 Å². The van der Waals surface area contributed by atoms with E-state index in [-0.39, 0.29) is 16.2 Å². The Hall–Kier alpha value is -2.58. The lowest BCUT2D eigenvalue weighted by Gasteiger charge is -2.08.